The molecule has 30 heavy (non-hydrogen) atoms. The smallest absolute Gasteiger partial charge is 0.310 e. The van der Waals surface area contributed by atoms with Crippen LogP contribution in [-0.4, -0.2) is 48.1 Å². The molecule has 7 heteroatoms. The lowest BCUT2D eigenvalue weighted by molar-refractivity contribution is -0.151. The average Bonchev–Trinajstić information content (AvgIpc) is 3.18. The summed E-state index contributed by atoms with van der Waals surface area (Å²) < 4.78 is 16.4. The summed E-state index contributed by atoms with van der Waals surface area (Å²) in [7, 11) is 0. The second-order valence-corrected chi connectivity index (χ2v) is 7.08. The number of benzene rings is 2. The minimum Gasteiger partial charge on any atom is -0.486 e. The molecule has 1 N–H and O–H groups in total. The number of nitrogens with one attached hydrogen (secondary N) is 1. The highest BCUT2D eigenvalue weighted by atomic mass is 16.6. The molecular weight excluding hydrogens is 384 g/mol. The van der Waals surface area contributed by atoms with Crippen molar-refractivity contribution in [1.82, 2.24) is 9.88 Å². The van der Waals surface area contributed by atoms with Crippen molar-refractivity contribution in [3.63, 3.8) is 0 Å². The van der Waals surface area contributed by atoms with Crippen LogP contribution in [-0.2, 0) is 27.3 Å². The molecule has 0 spiro atoms. The van der Waals surface area contributed by atoms with Gasteiger partial charge in [0.25, 0.3) is 5.91 Å². The zero-order valence-corrected chi connectivity index (χ0v) is 16.8. The highest BCUT2D eigenvalue weighted by Crippen LogP contribution is 2.31. The first kappa shape index (κ1) is 19.8. The standard InChI is InChI=1S/C23H24N2O5/c1-2-25(14-16-7-8-20-21(11-16)29-10-9-28-20)22(26)15-30-23(27)12-17-13-24-19-6-4-3-5-18(17)19/h3-8,11,13,24H,2,9-10,12,14-15H2,1H3. The molecule has 0 fully saturated rings. The summed E-state index contributed by atoms with van der Waals surface area (Å²) in [5.41, 5.74) is 2.75. The second-order valence-electron chi connectivity index (χ2n) is 7.08. The molecule has 4 rings (SSSR count). The van der Waals surface area contributed by atoms with Crippen LogP contribution in [0.5, 0.6) is 11.5 Å². The first-order chi connectivity index (χ1) is 14.6. The van der Waals surface area contributed by atoms with Crippen molar-refractivity contribution < 1.29 is 23.8 Å². The van der Waals surface area contributed by atoms with E-state index in [1.54, 1.807) is 11.1 Å². The van der Waals surface area contributed by atoms with E-state index in [1.165, 1.54) is 0 Å². The molecule has 2 heterocycles. The van der Waals surface area contributed by atoms with Gasteiger partial charge in [-0.1, -0.05) is 24.3 Å². The first-order valence-electron chi connectivity index (χ1n) is 10.0. The average molecular weight is 408 g/mol. The number of carbonyl (C=O) groups is 2. The van der Waals surface area contributed by atoms with Gasteiger partial charge in [-0.25, -0.2) is 0 Å². The Hall–Kier alpha value is -3.48. The molecule has 1 aromatic heterocycles. The molecule has 1 amide bonds. The highest BCUT2D eigenvalue weighted by Gasteiger charge is 2.18. The van der Waals surface area contributed by atoms with Crippen LogP contribution in [0.4, 0.5) is 0 Å². The molecule has 156 valence electrons. The van der Waals surface area contributed by atoms with Crippen LogP contribution in [0.15, 0.2) is 48.7 Å². The van der Waals surface area contributed by atoms with E-state index in [-0.39, 0.29) is 18.9 Å². The summed E-state index contributed by atoms with van der Waals surface area (Å²) in [4.78, 5) is 29.6. The third-order valence-corrected chi connectivity index (χ3v) is 5.08. The molecule has 0 saturated carbocycles. The summed E-state index contributed by atoms with van der Waals surface area (Å²) in [5, 5.41) is 0.981. The minimum absolute atomic E-state index is 0.117. The zero-order chi connectivity index (χ0) is 20.9. The van der Waals surface area contributed by atoms with E-state index in [0.29, 0.717) is 37.8 Å². The predicted octanol–water partition coefficient (Wildman–Crippen LogP) is 3.07. The molecule has 1 aliphatic rings. The van der Waals surface area contributed by atoms with Crippen molar-refractivity contribution in [2.24, 2.45) is 0 Å². The van der Waals surface area contributed by atoms with Gasteiger partial charge < -0.3 is 24.1 Å². The molecular formula is C23H24N2O5. The lowest BCUT2D eigenvalue weighted by Crippen LogP contribution is -2.34. The van der Waals surface area contributed by atoms with Gasteiger partial charge in [0.05, 0.1) is 6.42 Å². The van der Waals surface area contributed by atoms with Crippen LogP contribution in [0.3, 0.4) is 0 Å². The molecule has 0 bridgehead atoms. The molecule has 3 aromatic rings. The SMILES string of the molecule is CCN(Cc1ccc2c(c1)OCCO2)C(=O)COC(=O)Cc1c[nH]c2ccccc12. The van der Waals surface area contributed by atoms with E-state index in [4.69, 9.17) is 14.2 Å². The van der Waals surface area contributed by atoms with E-state index in [9.17, 15) is 9.59 Å². The molecule has 0 aliphatic carbocycles. The van der Waals surface area contributed by atoms with E-state index in [1.807, 2.05) is 49.4 Å². The first-order valence-corrected chi connectivity index (χ1v) is 10.0. The summed E-state index contributed by atoms with van der Waals surface area (Å²) in [6.45, 7) is 3.58. The number of H-pyrrole nitrogens is 1. The van der Waals surface area contributed by atoms with Gasteiger partial charge in [0.1, 0.15) is 13.2 Å². The number of rotatable bonds is 7. The third kappa shape index (κ3) is 4.40. The van der Waals surface area contributed by atoms with Crippen molar-refractivity contribution in [3.05, 3.63) is 59.8 Å². The van der Waals surface area contributed by atoms with E-state index >= 15 is 0 Å². The lowest BCUT2D eigenvalue weighted by atomic mass is 10.1. The van der Waals surface area contributed by atoms with Crippen molar-refractivity contribution >= 4 is 22.8 Å². The van der Waals surface area contributed by atoms with Gasteiger partial charge in [-0.3, -0.25) is 9.59 Å². The summed E-state index contributed by atoms with van der Waals surface area (Å²) in [6.07, 6.45) is 1.92. The summed E-state index contributed by atoms with van der Waals surface area (Å²) >= 11 is 0. The maximum Gasteiger partial charge on any atom is 0.310 e. The fraction of sp³-hybridized carbons (Fsp3) is 0.304. The Kier molecular flexibility index (Phi) is 5.88. The molecule has 0 saturated heterocycles. The Morgan fingerprint density at radius 1 is 1.10 bits per heavy atom. The van der Waals surface area contributed by atoms with E-state index in [2.05, 4.69) is 4.98 Å². The number of hydrogen-bond acceptors (Lipinski definition) is 5. The fourth-order valence-corrected chi connectivity index (χ4v) is 3.50. The summed E-state index contributed by atoms with van der Waals surface area (Å²) in [5.74, 6) is 0.737. The molecule has 0 atom stereocenters. The Morgan fingerprint density at radius 2 is 1.90 bits per heavy atom. The molecule has 0 unspecified atom stereocenters. The number of ether oxygens (including phenoxy) is 3. The number of nitrogens with zero attached hydrogens (tertiary/aromatic N) is 1. The minimum atomic E-state index is -0.427. The van der Waals surface area contributed by atoms with Gasteiger partial charge >= 0.3 is 5.97 Å². The molecule has 7 nitrogen and oxygen atoms in total. The van der Waals surface area contributed by atoms with Gasteiger partial charge in [0.2, 0.25) is 0 Å². The predicted molar refractivity (Wildman–Crippen MR) is 111 cm³/mol. The van der Waals surface area contributed by atoms with Crippen LogP contribution in [0, 0.1) is 0 Å². The Bertz CT molecular complexity index is 1060. The number of fused-ring (bicyclic) bond motifs is 2. The highest BCUT2D eigenvalue weighted by molar-refractivity contribution is 5.88. The van der Waals surface area contributed by atoms with Crippen LogP contribution in [0.2, 0.25) is 0 Å². The Morgan fingerprint density at radius 3 is 2.73 bits per heavy atom. The number of carbonyl (C=O) groups excluding carboxylic acids is 2. The van der Waals surface area contributed by atoms with E-state index < -0.39 is 5.97 Å². The second kappa shape index (κ2) is 8.90. The van der Waals surface area contributed by atoms with Gasteiger partial charge in [0, 0.05) is 30.2 Å². The monoisotopic (exact) mass is 408 g/mol. The molecule has 0 radical (unpaired) electrons. The van der Waals surface area contributed by atoms with Gasteiger partial charge in [-0.2, -0.15) is 0 Å². The molecule has 1 aliphatic heterocycles. The quantitative estimate of drug-likeness (QED) is 0.608. The van der Waals surface area contributed by atoms with Crippen LogP contribution >= 0.6 is 0 Å². The lowest BCUT2D eigenvalue weighted by Gasteiger charge is -2.23. The Labute approximate surface area is 174 Å². The van der Waals surface area contributed by atoms with Crippen molar-refractivity contribution in [2.75, 3.05) is 26.4 Å². The zero-order valence-electron chi connectivity index (χ0n) is 16.8. The van der Waals surface area contributed by atoms with Gasteiger partial charge in [0.15, 0.2) is 18.1 Å². The van der Waals surface area contributed by atoms with Crippen LogP contribution in [0.25, 0.3) is 10.9 Å². The molecule has 2 aromatic carbocycles. The number of aromatic nitrogens is 1. The third-order valence-electron chi connectivity index (χ3n) is 5.08. The largest absolute Gasteiger partial charge is 0.486 e. The van der Waals surface area contributed by atoms with Crippen molar-refractivity contribution in [2.45, 2.75) is 19.9 Å². The van der Waals surface area contributed by atoms with Gasteiger partial charge in [-0.15, -0.1) is 0 Å². The topological polar surface area (TPSA) is 80.9 Å². The number of hydrogen-bond donors (Lipinski definition) is 1. The number of likely N-dealkylation sites (N-methyl/N-ethyl adjacent to an activating group) is 1. The van der Waals surface area contributed by atoms with Crippen LogP contribution in [0.1, 0.15) is 18.1 Å². The van der Waals surface area contributed by atoms with Crippen LogP contribution < -0.4 is 9.47 Å². The number of amides is 1. The van der Waals surface area contributed by atoms with E-state index in [0.717, 1.165) is 22.0 Å². The number of para-hydroxylation sites is 1. The normalized spacial score (nSPS) is 12.6. The maximum atomic E-state index is 12.6. The maximum absolute atomic E-state index is 12.6. The van der Waals surface area contributed by atoms with Crippen molar-refractivity contribution in [1.29, 1.82) is 0 Å². The number of esters is 1. The summed E-state index contributed by atoms with van der Waals surface area (Å²) in [6, 6.07) is 13.4. The van der Waals surface area contributed by atoms with Gasteiger partial charge in [-0.05, 0) is 36.2 Å². The Balaban J connectivity index is 1.32. The fourth-order valence-electron chi connectivity index (χ4n) is 3.50. The van der Waals surface area contributed by atoms with Crippen molar-refractivity contribution in [3.8, 4) is 11.5 Å². The number of aromatic amines is 1.